The Morgan fingerprint density at radius 2 is 2.06 bits per heavy atom. The standard InChI is InChI=1S/C16H24FN/c1-6-9-10-15(17)11-13(4)16(8-3)14(7-2)12-18-5/h6-7,9-11,18H,1,8,12H2,2-5H3/b10-9-,14-7-,15-11-,16-13+. The van der Waals surface area contributed by atoms with Crippen molar-refractivity contribution in [1.29, 1.82) is 0 Å². The molecule has 2 heteroatoms. The highest BCUT2D eigenvalue weighted by Crippen LogP contribution is 2.20. The summed E-state index contributed by atoms with van der Waals surface area (Å²) in [5.74, 6) is -0.252. The van der Waals surface area contributed by atoms with Gasteiger partial charge in [0.25, 0.3) is 0 Å². The van der Waals surface area contributed by atoms with Crippen LogP contribution in [0.4, 0.5) is 4.39 Å². The molecule has 100 valence electrons. The van der Waals surface area contributed by atoms with Crippen LogP contribution in [0.15, 0.2) is 59.5 Å². The third-order valence-electron chi connectivity index (χ3n) is 2.68. The molecule has 0 aromatic carbocycles. The SMILES string of the molecule is C=C\C=C/C(F)=C/C(C)=C(CC)/C(=C\C)CNC. The summed E-state index contributed by atoms with van der Waals surface area (Å²) in [6.45, 7) is 10.4. The second-order valence-corrected chi connectivity index (χ2v) is 3.98. The summed E-state index contributed by atoms with van der Waals surface area (Å²) < 4.78 is 13.5. The zero-order chi connectivity index (χ0) is 14.0. The molecule has 0 heterocycles. The maximum absolute atomic E-state index is 13.5. The first-order valence-electron chi connectivity index (χ1n) is 6.26. The van der Waals surface area contributed by atoms with Gasteiger partial charge in [0.1, 0.15) is 5.83 Å². The predicted octanol–water partition coefficient (Wildman–Crippen LogP) is 4.47. The number of allylic oxidation sites excluding steroid dienone is 7. The highest BCUT2D eigenvalue weighted by Gasteiger charge is 2.05. The molecule has 0 atom stereocenters. The molecule has 0 spiro atoms. The van der Waals surface area contributed by atoms with Crippen LogP contribution in [0.2, 0.25) is 0 Å². The zero-order valence-electron chi connectivity index (χ0n) is 11.9. The first-order valence-corrected chi connectivity index (χ1v) is 6.26. The molecule has 0 aliphatic carbocycles. The molecule has 0 radical (unpaired) electrons. The van der Waals surface area contributed by atoms with Gasteiger partial charge in [0.05, 0.1) is 0 Å². The summed E-state index contributed by atoms with van der Waals surface area (Å²) in [5, 5.41) is 3.13. The Morgan fingerprint density at radius 1 is 1.39 bits per heavy atom. The summed E-state index contributed by atoms with van der Waals surface area (Å²) in [5.41, 5.74) is 3.37. The maximum atomic E-state index is 13.5. The third-order valence-corrected chi connectivity index (χ3v) is 2.68. The molecule has 0 unspecified atom stereocenters. The average Bonchev–Trinajstić information content (AvgIpc) is 2.36. The summed E-state index contributed by atoms with van der Waals surface area (Å²) in [4.78, 5) is 0. The number of rotatable bonds is 7. The summed E-state index contributed by atoms with van der Waals surface area (Å²) >= 11 is 0. The van der Waals surface area contributed by atoms with E-state index < -0.39 is 0 Å². The van der Waals surface area contributed by atoms with Gasteiger partial charge in [-0.2, -0.15) is 0 Å². The van der Waals surface area contributed by atoms with Gasteiger partial charge < -0.3 is 5.32 Å². The van der Waals surface area contributed by atoms with Crippen molar-refractivity contribution in [2.75, 3.05) is 13.6 Å². The first kappa shape index (κ1) is 16.6. The van der Waals surface area contributed by atoms with Crippen LogP contribution in [0, 0.1) is 0 Å². The Kier molecular flexibility index (Phi) is 8.85. The van der Waals surface area contributed by atoms with Crippen molar-refractivity contribution in [2.24, 2.45) is 0 Å². The van der Waals surface area contributed by atoms with Crippen molar-refractivity contribution in [1.82, 2.24) is 5.32 Å². The van der Waals surface area contributed by atoms with E-state index in [1.807, 2.05) is 20.9 Å². The van der Waals surface area contributed by atoms with Gasteiger partial charge in [0.15, 0.2) is 0 Å². The Hall–Kier alpha value is -1.41. The van der Waals surface area contributed by atoms with Gasteiger partial charge in [0, 0.05) is 6.54 Å². The molecular formula is C16H24FN. The molecular weight excluding hydrogens is 225 g/mol. The number of hydrogen-bond donors (Lipinski definition) is 1. The summed E-state index contributed by atoms with van der Waals surface area (Å²) in [6, 6.07) is 0. The molecule has 0 aliphatic rings. The zero-order valence-corrected chi connectivity index (χ0v) is 11.9. The molecule has 0 fully saturated rings. The Labute approximate surface area is 110 Å². The Balaban J connectivity index is 5.26. The Bertz CT molecular complexity index is 384. The van der Waals surface area contributed by atoms with Crippen LogP contribution in [-0.2, 0) is 0 Å². The van der Waals surface area contributed by atoms with Gasteiger partial charge in [-0.15, -0.1) is 0 Å². The molecule has 18 heavy (non-hydrogen) atoms. The molecule has 0 saturated carbocycles. The second kappa shape index (κ2) is 9.60. The first-order chi connectivity index (χ1) is 8.60. The normalized spacial score (nSPS) is 14.9. The van der Waals surface area contributed by atoms with Crippen molar-refractivity contribution in [3.8, 4) is 0 Å². The highest BCUT2D eigenvalue weighted by atomic mass is 19.1. The number of nitrogens with one attached hydrogen (secondary N) is 1. The number of hydrogen-bond acceptors (Lipinski definition) is 1. The fourth-order valence-electron chi connectivity index (χ4n) is 1.83. The predicted molar refractivity (Wildman–Crippen MR) is 79.2 cm³/mol. The largest absolute Gasteiger partial charge is 0.316 e. The van der Waals surface area contributed by atoms with Crippen LogP contribution < -0.4 is 5.32 Å². The lowest BCUT2D eigenvalue weighted by Gasteiger charge is -2.12. The van der Waals surface area contributed by atoms with E-state index in [1.54, 1.807) is 18.2 Å². The van der Waals surface area contributed by atoms with Gasteiger partial charge in [-0.25, -0.2) is 4.39 Å². The minimum Gasteiger partial charge on any atom is -0.316 e. The lowest BCUT2D eigenvalue weighted by molar-refractivity contribution is 0.665. The van der Waals surface area contributed by atoms with E-state index in [0.717, 1.165) is 18.5 Å². The summed E-state index contributed by atoms with van der Waals surface area (Å²) in [6.07, 6.45) is 9.10. The average molecular weight is 249 g/mol. The van der Waals surface area contributed by atoms with E-state index in [2.05, 4.69) is 24.9 Å². The molecule has 0 aliphatic heterocycles. The van der Waals surface area contributed by atoms with E-state index >= 15 is 0 Å². The van der Waals surface area contributed by atoms with Crippen LogP contribution in [-0.4, -0.2) is 13.6 Å². The van der Waals surface area contributed by atoms with Crippen LogP contribution in [0.1, 0.15) is 27.2 Å². The smallest absolute Gasteiger partial charge is 0.123 e. The summed E-state index contributed by atoms with van der Waals surface area (Å²) in [7, 11) is 1.91. The minimum atomic E-state index is -0.252. The molecule has 1 nitrogen and oxygen atoms in total. The van der Waals surface area contributed by atoms with E-state index in [0.29, 0.717) is 0 Å². The third kappa shape index (κ3) is 5.78. The Morgan fingerprint density at radius 3 is 2.50 bits per heavy atom. The van der Waals surface area contributed by atoms with Gasteiger partial charge in [0.2, 0.25) is 0 Å². The van der Waals surface area contributed by atoms with E-state index in [-0.39, 0.29) is 5.83 Å². The van der Waals surface area contributed by atoms with Crippen molar-refractivity contribution >= 4 is 0 Å². The van der Waals surface area contributed by atoms with Crippen molar-refractivity contribution in [3.05, 3.63) is 59.5 Å². The monoisotopic (exact) mass is 249 g/mol. The molecule has 0 aromatic heterocycles. The minimum absolute atomic E-state index is 0.252. The van der Waals surface area contributed by atoms with Gasteiger partial charge in [-0.3, -0.25) is 0 Å². The molecule has 0 amide bonds. The number of halogens is 1. The van der Waals surface area contributed by atoms with E-state index in [4.69, 9.17) is 0 Å². The van der Waals surface area contributed by atoms with E-state index in [1.165, 1.54) is 17.2 Å². The van der Waals surface area contributed by atoms with E-state index in [9.17, 15) is 4.39 Å². The fourth-order valence-corrected chi connectivity index (χ4v) is 1.83. The quantitative estimate of drug-likeness (QED) is 0.656. The topological polar surface area (TPSA) is 12.0 Å². The molecule has 1 N–H and O–H groups in total. The van der Waals surface area contributed by atoms with Crippen molar-refractivity contribution < 1.29 is 4.39 Å². The fraction of sp³-hybridized carbons (Fsp3) is 0.375. The lowest BCUT2D eigenvalue weighted by atomic mass is 9.97. The van der Waals surface area contributed by atoms with Crippen molar-refractivity contribution in [3.63, 3.8) is 0 Å². The second-order valence-electron chi connectivity index (χ2n) is 3.98. The highest BCUT2D eigenvalue weighted by molar-refractivity contribution is 5.41. The lowest BCUT2D eigenvalue weighted by Crippen LogP contribution is -2.12. The van der Waals surface area contributed by atoms with Gasteiger partial charge >= 0.3 is 0 Å². The number of likely N-dealkylation sites (N-methyl/N-ethyl adjacent to an activating group) is 1. The van der Waals surface area contributed by atoms with Crippen molar-refractivity contribution in [2.45, 2.75) is 27.2 Å². The van der Waals surface area contributed by atoms with Gasteiger partial charge in [-0.1, -0.05) is 31.7 Å². The molecule has 0 aromatic rings. The van der Waals surface area contributed by atoms with Gasteiger partial charge in [-0.05, 0) is 56.2 Å². The molecule has 0 bridgehead atoms. The molecule has 0 rings (SSSR count). The van der Waals surface area contributed by atoms with Crippen LogP contribution in [0.3, 0.4) is 0 Å². The molecule has 0 saturated heterocycles. The van der Waals surface area contributed by atoms with Crippen LogP contribution in [0.25, 0.3) is 0 Å². The van der Waals surface area contributed by atoms with Crippen LogP contribution in [0.5, 0.6) is 0 Å². The van der Waals surface area contributed by atoms with Crippen LogP contribution >= 0.6 is 0 Å². The maximum Gasteiger partial charge on any atom is 0.123 e.